The number of aryl methyl sites for hydroxylation is 2. The Labute approximate surface area is 818 Å². The van der Waals surface area contributed by atoms with Crippen LogP contribution in [0.5, 0.6) is 0 Å². The summed E-state index contributed by atoms with van der Waals surface area (Å²) in [7, 11) is 0. The minimum absolute atomic E-state index is 0.440. The second kappa shape index (κ2) is 32.1. The second-order valence-electron chi connectivity index (χ2n) is 37.9. The van der Waals surface area contributed by atoms with Gasteiger partial charge in [-0.15, -0.1) is 34.0 Å². The van der Waals surface area contributed by atoms with Gasteiger partial charge in [-0.3, -0.25) is 0 Å². The van der Waals surface area contributed by atoms with Gasteiger partial charge in [0, 0.05) is 60.5 Å². The summed E-state index contributed by atoms with van der Waals surface area (Å²) in [5, 5.41) is 23.5. The van der Waals surface area contributed by atoms with Gasteiger partial charge in [-0.2, -0.15) is 0 Å². The summed E-state index contributed by atoms with van der Waals surface area (Å²) in [4.78, 5) is 0. The molecule has 0 N–H and O–H groups in total. The molecule has 3 heteroatoms. The van der Waals surface area contributed by atoms with Crippen molar-refractivity contribution in [1.82, 2.24) is 0 Å². The Bertz CT molecular complexity index is 9390. The number of thiophene rings is 3. The molecule has 3 aliphatic carbocycles. The third kappa shape index (κ3) is 12.5. The van der Waals surface area contributed by atoms with Gasteiger partial charge >= 0.3 is 0 Å². The average Bonchev–Trinajstić information content (AvgIpc) is 1.50. The summed E-state index contributed by atoms with van der Waals surface area (Å²) in [5.41, 5.74) is 35.5. The van der Waals surface area contributed by atoms with Crippen molar-refractivity contribution in [1.29, 1.82) is 0 Å². The number of benzene rings is 24. The van der Waals surface area contributed by atoms with Gasteiger partial charge in [-0.05, 0) is 308 Å². The van der Waals surface area contributed by atoms with Gasteiger partial charge in [-0.1, -0.05) is 412 Å². The molecular weight excluding hydrogens is 1730 g/mol. The van der Waals surface area contributed by atoms with Crippen LogP contribution in [0.4, 0.5) is 0 Å². The maximum Gasteiger partial charge on any atom is 0.0725 e. The van der Waals surface area contributed by atoms with Crippen molar-refractivity contribution in [3.63, 3.8) is 0 Å². The van der Waals surface area contributed by atoms with Crippen LogP contribution in [0.25, 0.3) is 225 Å². The van der Waals surface area contributed by atoms with Gasteiger partial charge in [0.05, 0.1) is 10.8 Å². The van der Waals surface area contributed by atoms with E-state index in [2.05, 4.69) is 499 Å². The van der Waals surface area contributed by atoms with E-state index in [4.69, 9.17) is 0 Å². The molecular formula is C136H86S3. The van der Waals surface area contributed by atoms with Gasteiger partial charge in [0.25, 0.3) is 0 Å². The lowest BCUT2D eigenvalue weighted by molar-refractivity contribution is 0.769. The fourth-order valence-corrected chi connectivity index (χ4v) is 28.0. The third-order valence-electron chi connectivity index (χ3n) is 30.4. The van der Waals surface area contributed by atoms with Crippen molar-refractivity contribution in [2.45, 2.75) is 24.7 Å². The van der Waals surface area contributed by atoms with Gasteiger partial charge in [0.2, 0.25) is 0 Å². The highest BCUT2D eigenvalue weighted by atomic mass is 32.1. The van der Waals surface area contributed by atoms with Gasteiger partial charge < -0.3 is 0 Å². The summed E-state index contributed by atoms with van der Waals surface area (Å²) in [6.07, 6.45) is 0. The predicted molar refractivity (Wildman–Crippen MR) is 599 cm³/mol. The SMILES string of the molecule is Cc1ccc2sc3c(-c4ccc(-c5cc6ccccc6c6ccccc56)cc4)cc(C)cc3c2c1.c1ccc(C2(c3ccccc3)c3cc(-c4cc5ccccc5c5ccccc45)ccc3-c3ccc(-c4cccc5c4sc4ccccc45)cc32)cc1.c1ccc2c(c1)-c1ccccc1C21c2cc(-c3cc4ccccc4c4ccccc34)ccc2-c2ccc(-c3cccc4c3sc3ccccc34)cc21. The van der Waals surface area contributed by atoms with Crippen molar-refractivity contribution in [3.8, 4) is 100 Å². The van der Waals surface area contributed by atoms with E-state index in [1.165, 1.54) is 281 Å². The van der Waals surface area contributed by atoms with Crippen LogP contribution >= 0.6 is 34.0 Å². The largest absolute Gasteiger partial charge is 0.135 e. The van der Waals surface area contributed by atoms with Gasteiger partial charge in [0.1, 0.15) is 0 Å². The van der Waals surface area contributed by atoms with E-state index in [0.29, 0.717) is 0 Å². The smallest absolute Gasteiger partial charge is 0.0725 e. The molecule has 0 fully saturated rings. The average molecular weight is 1820 g/mol. The second-order valence-corrected chi connectivity index (χ2v) is 41.0. The molecule has 0 amide bonds. The molecule has 0 radical (unpaired) electrons. The summed E-state index contributed by atoms with van der Waals surface area (Å²) in [6.45, 7) is 4.38. The van der Waals surface area contributed by atoms with Gasteiger partial charge in [0.15, 0.2) is 0 Å². The molecule has 3 aliphatic rings. The van der Waals surface area contributed by atoms with Crippen molar-refractivity contribution in [2.24, 2.45) is 0 Å². The summed E-state index contributed by atoms with van der Waals surface area (Å²) >= 11 is 5.71. The van der Waals surface area contributed by atoms with Crippen molar-refractivity contribution >= 4 is 159 Å². The zero-order valence-electron chi connectivity index (χ0n) is 76.4. The van der Waals surface area contributed by atoms with Crippen LogP contribution in [-0.2, 0) is 10.8 Å². The van der Waals surface area contributed by atoms with E-state index in [-0.39, 0.29) is 0 Å². The first-order valence-corrected chi connectivity index (χ1v) is 50.7. The zero-order valence-corrected chi connectivity index (χ0v) is 78.9. The van der Waals surface area contributed by atoms with Gasteiger partial charge in [-0.25, -0.2) is 0 Å². The van der Waals surface area contributed by atoms with Crippen LogP contribution in [0.3, 0.4) is 0 Å². The molecule has 27 aromatic rings. The first kappa shape index (κ1) is 80.9. The van der Waals surface area contributed by atoms with Crippen LogP contribution in [0, 0.1) is 13.8 Å². The Kier molecular flexibility index (Phi) is 18.7. The quantitative estimate of drug-likeness (QED) is 0.133. The maximum atomic E-state index is 2.53. The monoisotopic (exact) mass is 1810 g/mol. The molecule has 1 spiro atoms. The molecule has 0 atom stereocenters. The third-order valence-corrected chi connectivity index (χ3v) is 34.0. The molecule has 0 aliphatic heterocycles. The van der Waals surface area contributed by atoms with Crippen LogP contribution in [-0.4, -0.2) is 0 Å². The number of hydrogen-bond acceptors (Lipinski definition) is 3. The van der Waals surface area contributed by atoms with Crippen LogP contribution < -0.4 is 0 Å². The Balaban J connectivity index is 0.000000105. The van der Waals surface area contributed by atoms with Crippen molar-refractivity contribution < 1.29 is 0 Å². The molecule has 0 nitrogen and oxygen atoms in total. The molecule has 0 unspecified atom stereocenters. The molecule has 0 saturated carbocycles. The number of rotatable bonds is 8. The topological polar surface area (TPSA) is 0 Å². The van der Waals surface area contributed by atoms with E-state index in [0.717, 1.165) is 0 Å². The standard InChI is InChI=1S/C51H30S.C51H32S.C34H24S/c1-2-13-34-31(12-1)28-44(37-15-4-3-14-36(34)37)33-25-27-41-40-26-24-32(35-19-11-20-43-42-18-7-10-23-49(42)52-50(35)43)29-47(40)51(48(41)30-33)45-21-8-5-16-38(45)39-17-6-9-22-46(39)51;1-3-15-36(16-4-1)51(37-17-5-2-6-18-37)47-31-34(39-23-13-24-45-44-22-11-12-25-49(44)52-50(39)45)26-28-42(47)43-29-27-35(32-48(43)51)46-30-33-14-7-8-19-38(33)40-20-9-10-21-41(40)46;1-21-11-16-33-31(17-21)32-19-22(2)18-30(34(32)35-33)24-14-12-23(13-15-24)29-20-25-7-3-4-8-26(25)27-9-5-6-10-28(27)29/h1-30H;1-32H;3-20H,1-2H3. The lowest BCUT2D eigenvalue weighted by atomic mass is 9.67. The van der Waals surface area contributed by atoms with E-state index in [1.54, 1.807) is 0 Å². The number of hydrogen-bond donors (Lipinski definition) is 0. The highest BCUT2D eigenvalue weighted by Gasteiger charge is 2.52. The lowest BCUT2D eigenvalue weighted by Gasteiger charge is -2.34. The Morgan fingerprint density at radius 1 is 0.144 bits per heavy atom. The fraction of sp³-hybridized carbons (Fsp3) is 0.0294. The van der Waals surface area contributed by atoms with E-state index in [1.807, 2.05) is 34.0 Å². The molecule has 30 rings (SSSR count). The molecule has 3 heterocycles. The van der Waals surface area contributed by atoms with E-state index < -0.39 is 10.8 Å². The summed E-state index contributed by atoms with van der Waals surface area (Å²) in [6, 6.07) is 181. The van der Waals surface area contributed by atoms with Crippen molar-refractivity contribution in [2.75, 3.05) is 0 Å². The lowest BCUT2D eigenvalue weighted by Crippen LogP contribution is -2.28. The normalized spacial score (nSPS) is 12.9. The first-order valence-electron chi connectivity index (χ1n) is 48.2. The zero-order chi connectivity index (χ0) is 91.7. The van der Waals surface area contributed by atoms with Crippen LogP contribution in [0.1, 0.15) is 55.6 Å². The molecule has 3 aromatic heterocycles. The maximum absolute atomic E-state index is 2.53. The molecule has 139 heavy (non-hydrogen) atoms. The summed E-state index contributed by atoms with van der Waals surface area (Å²) in [5.74, 6) is 0. The molecule has 0 saturated heterocycles. The minimum Gasteiger partial charge on any atom is -0.135 e. The Morgan fingerprint density at radius 2 is 0.439 bits per heavy atom. The summed E-state index contributed by atoms with van der Waals surface area (Å²) < 4.78 is 8.09. The van der Waals surface area contributed by atoms with Crippen LogP contribution in [0.15, 0.2) is 485 Å². The highest BCUT2D eigenvalue weighted by Crippen LogP contribution is 2.65. The Hall–Kier alpha value is -16.5. The molecule has 24 aromatic carbocycles. The van der Waals surface area contributed by atoms with Crippen LogP contribution in [0.2, 0.25) is 0 Å². The minimum atomic E-state index is -0.514. The Morgan fingerprint density at radius 3 is 0.871 bits per heavy atom. The highest BCUT2D eigenvalue weighted by molar-refractivity contribution is 7.27. The number of fused-ring (bicyclic) bond motifs is 31. The predicted octanol–water partition coefficient (Wildman–Crippen LogP) is 38.4. The molecule has 0 bridgehead atoms. The fourth-order valence-electron chi connectivity index (χ4n) is 24.3. The van der Waals surface area contributed by atoms with E-state index in [9.17, 15) is 0 Å². The molecule has 648 valence electrons. The van der Waals surface area contributed by atoms with Crippen molar-refractivity contribution in [3.05, 3.63) is 541 Å². The van der Waals surface area contributed by atoms with E-state index >= 15 is 0 Å². The first-order chi connectivity index (χ1) is 68.7.